The smallest absolute Gasteiger partial charge is 0.329 e. The lowest BCUT2D eigenvalue weighted by Crippen LogP contribution is -2.39. The van der Waals surface area contributed by atoms with Gasteiger partial charge in [0.1, 0.15) is 6.61 Å². The largest absolute Gasteiger partial charge is 0.480 e. The fourth-order valence-electron chi connectivity index (χ4n) is 3.78. The summed E-state index contributed by atoms with van der Waals surface area (Å²) in [5.41, 5.74) is 2.10. The van der Waals surface area contributed by atoms with E-state index in [1.54, 1.807) is 0 Å². The van der Waals surface area contributed by atoms with Crippen LogP contribution in [0.4, 0.5) is 0 Å². The topological polar surface area (TPSA) is 70.1 Å². The number of carbonyl (C=O) groups excluding carboxylic acids is 1. The van der Waals surface area contributed by atoms with Gasteiger partial charge in [-0.25, -0.2) is 4.79 Å². The van der Waals surface area contributed by atoms with Crippen LogP contribution < -0.4 is 0 Å². The summed E-state index contributed by atoms with van der Waals surface area (Å²) in [6.07, 6.45) is 1.08. The summed E-state index contributed by atoms with van der Waals surface area (Å²) in [7, 11) is 1.87. The summed E-state index contributed by atoms with van der Waals surface area (Å²) in [6.45, 7) is 1.91. The quantitative estimate of drug-likeness (QED) is 0.420. The van der Waals surface area contributed by atoms with Gasteiger partial charge in [0.05, 0.1) is 18.6 Å². The zero-order valence-corrected chi connectivity index (χ0v) is 21.7. The van der Waals surface area contributed by atoms with Crippen molar-refractivity contribution in [3.63, 3.8) is 0 Å². The van der Waals surface area contributed by atoms with Gasteiger partial charge in [-0.3, -0.25) is 9.69 Å². The van der Waals surface area contributed by atoms with E-state index in [0.717, 1.165) is 27.7 Å². The molecule has 166 valence electrons. The number of hydrogen-bond donors (Lipinski definition) is 1. The van der Waals surface area contributed by atoms with Gasteiger partial charge in [-0.15, -0.1) is 0 Å². The van der Waals surface area contributed by atoms with Crippen molar-refractivity contribution in [1.29, 1.82) is 0 Å². The molecule has 0 saturated carbocycles. The first-order chi connectivity index (χ1) is 14.8. The second-order valence-corrected chi connectivity index (χ2v) is 10.1. The number of likely N-dealkylation sites (N-methyl/N-ethyl adjacent to an activating group) is 1. The maximum absolute atomic E-state index is 13.2. The number of carbonyl (C=O) groups is 2. The van der Waals surface area contributed by atoms with Crippen LogP contribution in [0.25, 0.3) is 0 Å². The van der Waals surface area contributed by atoms with Crippen molar-refractivity contribution in [2.45, 2.75) is 25.0 Å². The average molecular weight is 648 g/mol. The van der Waals surface area contributed by atoms with Crippen molar-refractivity contribution in [1.82, 2.24) is 9.80 Å². The maximum Gasteiger partial charge on any atom is 0.329 e. The van der Waals surface area contributed by atoms with Crippen LogP contribution in [-0.2, 0) is 20.7 Å². The Balaban J connectivity index is 1.69. The number of amides is 1. The normalized spacial score (nSPS) is 17.5. The van der Waals surface area contributed by atoms with E-state index < -0.39 is 5.97 Å². The molecule has 1 aliphatic rings. The van der Waals surface area contributed by atoms with Gasteiger partial charge < -0.3 is 14.7 Å². The highest BCUT2D eigenvalue weighted by Crippen LogP contribution is 2.25. The Morgan fingerprint density at radius 3 is 2.61 bits per heavy atom. The highest BCUT2D eigenvalue weighted by molar-refractivity contribution is 14.1. The molecule has 1 saturated heterocycles. The molecule has 2 atom stereocenters. The van der Waals surface area contributed by atoms with E-state index in [0.29, 0.717) is 19.5 Å². The SMILES string of the molecule is CN(C(=O)Cc1ccc(I)c(I)c1)[C@H](CN1CC[C@H](OCC(=O)O)C1)c1ccccc1. The van der Waals surface area contributed by atoms with Crippen LogP contribution in [-0.4, -0.2) is 66.2 Å². The number of carboxylic acid groups (broad SMARTS) is 1. The molecule has 0 bridgehead atoms. The van der Waals surface area contributed by atoms with Crippen molar-refractivity contribution in [2.24, 2.45) is 0 Å². The predicted octanol–water partition coefficient (Wildman–Crippen LogP) is 3.81. The molecule has 31 heavy (non-hydrogen) atoms. The number of benzene rings is 2. The first-order valence-electron chi connectivity index (χ1n) is 10.1. The molecule has 0 spiro atoms. The van der Waals surface area contributed by atoms with Crippen LogP contribution >= 0.6 is 45.2 Å². The van der Waals surface area contributed by atoms with Crippen molar-refractivity contribution in [3.8, 4) is 0 Å². The van der Waals surface area contributed by atoms with E-state index in [-0.39, 0.29) is 24.7 Å². The van der Waals surface area contributed by atoms with Crippen molar-refractivity contribution in [2.75, 3.05) is 33.3 Å². The molecule has 2 aromatic carbocycles. The van der Waals surface area contributed by atoms with Gasteiger partial charge in [0.15, 0.2) is 0 Å². The molecule has 6 nitrogen and oxygen atoms in total. The number of rotatable bonds is 9. The third-order valence-electron chi connectivity index (χ3n) is 5.49. The van der Waals surface area contributed by atoms with Crippen molar-refractivity contribution in [3.05, 3.63) is 66.8 Å². The Kier molecular flexibility index (Phi) is 9.11. The van der Waals surface area contributed by atoms with E-state index in [9.17, 15) is 9.59 Å². The fraction of sp³-hybridized carbons (Fsp3) is 0.391. The lowest BCUT2D eigenvalue weighted by atomic mass is 10.0. The minimum Gasteiger partial charge on any atom is -0.480 e. The third kappa shape index (κ3) is 7.13. The molecule has 1 heterocycles. The highest BCUT2D eigenvalue weighted by Gasteiger charge is 2.29. The van der Waals surface area contributed by atoms with Crippen molar-refractivity contribution < 1.29 is 19.4 Å². The molecule has 0 unspecified atom stereocenters. The van der Waals surface area contributed by atoms with Crippen LogP contribution in [0.3, 0.4) is 0 Å². The minimum atomic E-state index is -0.948. The van der Waals surface area contributed by atoms with Gasteiger partial charge in [0.2, 0.25) is 5.91 Å². The summed E-state index contributed by atoms with van der Waals surface area (Å²) >= 11 is 4.59. The monoisotopic (exact) mass is 648 g/mol. The van der Waals surface area contributed by atoms with Gasteiger partial charge in [0, 0.05) is 33.8 Å². The second-order valence-electron chi connectivity index (χ2n) is 7.73. The van der Waals surface area contributed by atoms with Crippen LogP contribution in [0.15, 0.2) is 48.5 Å². The molecule has 3 rings (SSSR count). The standard InChI is InChI=1S/C23H26I2N2O4/c1-26(22(28)12-16-7-8-19(24)20(25)11-16)21(17-5-3-2-4-6-17)14-27-10-9-18(13-27)31-15-23(29)30/h2-8,11,18,21H,9-10,12-15H2,1H3,(H,29,30)/t18-,21+/m0/s1. The van der Waals surface area contributed by atoms with Crippen molar-refractivity contribution >= 4 is 57.1 Å². The van der Waals surface area contributed by atoms with Crippen LogP contribution in [0.2, 0.25) is 0 Å². The number of hydrogen-bond acceptors (Lipinski definition) is 4. The van der Waals surface area contributed by atoms with E-state index >= 15 is 0 Å². The second kappa shape index (κ2) is 11.6. The van der Waals surface area contributed by atoms with Crippen LogP contribution in [0.5, 0.6) is 0 Å². The Bertz CT molecular complexity index is 910. The summed E-state index contributed by atoms with van der Waals surface area (Å²) in [6, 6.07) is 16.1. The molecule has 1 amide bonds. The van der Waals surface area contributed by atoms with Crippen LogP contribution in [0.1, 0.15) is 23.6 Å². The lowest BCUT2D eigenvalue weighted by molar-refractivity contribution is -0.144. The van der Waals surface area contributed by atoms with E-state index in [1.807, 2.05) is 42.3 Å². The first kappa shape index (κ1) is 24.4. The zero-order chi connectivity index (χ0) is 22.4. The molecular weight excluding hydrogens is 622 g/mol. The fourth-order valence-corrected chi connectivity index (χ4v) is 4.70. The molecule has 0 aromatic heterocycles. The van der Waals surface area contributed by atoms with Gasteiger partial charge in [-0.1, -0.05) is 36.4 Å². The Hall–Kier alpha value is -1.24. The number of aliphatic carboxylic acids is 1. The first-order valence-corrected chi connectivity index (χ1v) is 12.3. The number of likely N-dealkylation sites (tertiary alicyclic amines) is 1. The van der Waals surface area contributed by atoms with E-state index in [2.05, 4.69) is 68.3 Å². The molecular formula is C23H26I2N2O4. The molecule has 1 fully saturated rings. The highest BCUT2D eigenvalue weighted by atomic mass is 127. The number of nitrogens with zero attached hydrogens (tertiary/aromatic N) is 2. The summed E-state index contributed by atoms with van der Waals surface area (Å²) < 4.78 is 7.79. The molecule has 0 radical (unpaired) electrons. The number of ether oxygens (including phenoxy) is 1. The average Bonchev–Trinajstić information content (AvgIpc) is 3.21. The van der Waals surface area contributed by atoms with Crippen LogP contribution in [0, 0.1) is 7.14 Å². The Morgan fingerprint density at radius 1 is 1.19 bits per heavy atom. The van der Waals surface area contributed by atoms with E-state index in [1.165, 1.54) is 3.57 Å². The molecule has 8 heteroatoms. The molecule has 1 aliphatic heterocycles. The Morgan fingerprint density at radius 2 is 1.94 bits per heavy atom. The lowest BCUT2D eigenvalue weighted by Gasteiger charge is -2.32. The molecule has 1 N–H and O–H groups in total. The third-order valence-corrected chi connectivity index (χ3v) is 8.35. The predicted molar refractivity (Wildman–Crippen MR) is 136 cm³/mol. The number of halogens is 2. The Labute approximate surface area is 210 Å². The van der Waals surface area contributed by atoms with E-state index in [4.69, 9.17) is 9.84 Å². The van der Waals surface area contributed by atoms with Gasteiger partial charge in [-0.05, 0) is 74.9 Å². The van der Waals surface area contributed by atoms with Gasteiger partial charge in [0.25, 0.3) is 0 Å². The maximum atomic E-state index is 13.2. The van der Waals surface area contributed by atoms with Gasteiger partial charge in [-0.2, -0.15) is 0 Å². The molecule has 2 aromatic rings. The summed E-state index contributed by atoms with van der Waals surface area (Å²) in [5.74, 6) is -0.875. The molecule has 0 aliphatic carbocycles. The number of carboxylic acids is 1. The summed E-state index contributed by atoms with van der Waals surface area (Å²) in [5, 5.41) is 8.84. The minimum absolute atomic E-state index is 0.0729. The summed E-state index contributed by atoms with van der Waals surface area (Å²) in [4.78, 5) is 28.0. The zero-order valence-electron chi connectivity index (χ0n) is 17.3. The van der Waals surface area contributed by atoms with Gasteiger partial charge >= 0.3 is 5.97 Å².